The first-order valence-corrected chi connectivity index (χ1v) is 10.6. The van der Waals surface area contributed by atoms with Crippen molar-refractivity contribution in [3.63, 3.8) is 0 Å². The van der Waals surface area contributed by atoms with Crippen molar-refractivity contribution >= 4 is 11.8 Å². The van der Waals surface area contributed by atoms with Gasteiger partial charge < -0.3 is 25.2 Å². The van der Waals surface area contributed by atoms with Crippen LogP contribution in [-0.4, -0.2) is 75.4 Å². The number of guanidine groups is 1. The van der Waals surface area contributed by atoms with E-state index in [9.17, 15) is 0 Å². The number of hydrogen-bond acceptors (Lipinski definition) is 5. The van der Waals surface area contributed by atoms with Crippen molar-refractivity contribution < 1.29 is 4.74 Å². The lowest BCUT2D eigenvalue weighted by molar-refractivity contribution is 0.108. The second-order valence-corrected chi connectivity index (χ2v) is 7.76. The summed E-state index contributed by atoms with van der Waals surface area (Å²) < 4.78 is 5.63. The summed E-state index contributed by atoms with van der Waals surface area (Å²) in [6, 6.07) is 4.21. The Morgan fingerprint density at radius 2 is 2.04 bits per heavy atom. The number of nitrogens with one attached hydrogen (secondary N) is 2. The number of ether oxygens (including phenoxy) is 1. The Bertz CT molecular complexity index is 584. The number of anilines is 1. The van der Waals surface area contributed by atoms with Crippen LogP contribution in [0.25, 0.3) is 0 Å². The van der Waals surface area contributed by atoms with Crippen LogP contribution in [0, 0.1) is 5.92 Å². The number of piperazine rings is 1. The van der Waals surface area contributed by atoms with Gasteiger partial charge >= 0.3 is 0 Å². The normalized spacial score (nSPS) is 15.9. The third kappa shape index (κ3) is 8.44. The summed E-state index contributed by atoms with van der Waals surface area (Å²) in [5.74, 6) is 2.49. The van der Waals surface area contributed by atoms with Crippen LogP contribution in [0.3, 0.4) is 0 Å². The maximum atomic E-state index is 5.63. The lowest BCUT2D eigenvalue weighted by Crippen LogP contribution is -2.44. The molecule has 2 N–H and O–H groups in total. The van der Waals surface area contributed by atoms with Crippen LogP contribution in [0.4, 0.5) is 5.82 Å². The highest BCUT2D eigenvalue weighted by Crippen LogP contribution is 2.15. The fourth-order valence-electron chi connectivity index (χ4n) is 2.98. The lowest BCUT2D eigenvalue weighted by atomic mass is 10.2. The van der Waals surface area contributed by atoms with E-state index in [1.807, 2.05) is 12.3 Å². The van der Waals surface area contributed by atoms with E-state index in [1.165, 1.54) is 5.56 Å². The SMILES string of the molecule is CCNC(=NCc1ccnc(N2CCN(C)CC2)c1)NCCCOCC(C)C. The van der Waals surface area contributed by atoms with Crippen molar-refractivity contribution in [2.45, 2.75) is 33.7 Å². The van der Waals surface area contributed by atoms with E-state index < -0.39 is 0 Å². The van der Waals surface area contributed by atoms with E-state index in [1.54, 1.807) is 0 Å². The van der Waals surface area contributed by atoms with Gasteiger partial charge in [-0.05, 0) is 44.0 Å². The Kier molecular flexibility index (Phi) is 10.1. The van der Waals surface area contributed by atoms with Gasteiger partial charge in [0.25, 0.3) is 0 Å². The van der Waals surface area contributed by atoms with E-state index in [0.717, 1.165) is 70.7 Å². The largest absolute Gasteiger partial charge is 0.381 e. The molecule has 7 heteroatoms. The molecule has 158 valence electrons. The maximum Gasteiger partial charge on any atom is 0.191 e. The highest BCUT2D eigenvalue weighted by atomic mass is 16.5. The van der Waals surface area contributed by atoms with Gasteiger partial charge in [-0.25, -0.2) is 9.98 Å². The Hall–Kier alpha value is -1.86. The first-order valence-electron chi connectivity index (χ1n) is 10.6. The molecule has 1 aromatic rings. The van der Waals surface area contributed by atoms with Gasteiger partial charge in [-0.15, -0.1) is 0 Å². The number of aliphatic imine (C=N–C) groups is 1. The number of rotatable bonds is 10. The average Bonchev–Trinajstić information content (AvgIpc) is 2.69. The Labute approximate surface area is 170 Å². The maximum absolute atomic E-state index is 5.63. The van der Waals surface area contributed by atoms with Crippen LogP contribution < -0.4 is 15.5 Å². The van der Waals surface area contributed by atoms with Crippen LogP contribution in [0.5, 0.6) is 0 Å². The number of likely N-dealkylation sites (N-methyl/N-ethyl adjacent to an activating group) is 1. The predicted molar refractivity (Wildman–Crippen MR) is 117 cm³/mol. The summed E-state index contributed by atoms with van der Waals surface area (Å²) in [6.07, 6.45) is 2.87. The third-order valence-corrected chi connectivity index (χ3v) is 4.61. The summed E-state index contributed by atoms with van der Waals surface area (Å²) in [6.45, 7) is 14.6. The fourth-order valence-corrected chi connectivity index (χ4v) is 2.98. The predicted octanol–water partition coefficient (Wildman–Crippen LogP) is 1.95. The molecule has 2 heterocycles. The summed E-state index contributed by atoms with van der Waals surface area (Å²) >= 11 is 0. The quantitative estimate of drug-likeness (QED) is 0.362. The molecule has 0 aliphatic carbocycles. The summed E-state index contributed by atoms with van der Waals surface area (Å²) in [5, 5.41) is 6.70. The van der Waals surface area contributed by atoms with Gasteiger partial charge in [-0.1, -0.05) is 13.8 Å². The number of hydrogen-bond donors (Lipinski definition) is 2. The van der Waals surface area contributed by atoms with E-state index in [0.29, 0.717) is 12.5 Å². The molecular formula is C21H38N6O. The van der Waals surface area contributed by atoms with E-state index in [-0.39, 0.29) is 0 Å². The number of pyridine rings is 1. The molecule has 0 bridgehead atoms. The van der Waals surface area contributed by atoms with Gasteiger partial charge in [0, 0.05) is 58.7 Å². The average molecular weight is 391 g/mol. The van der Waals surface area contributed by atoms with Gasteiger partial charge in [-0.3, -0.25) is 0 Å². The number of nitrogens with zero attached hydrogens (tertiary/aromatic N) is 4. The second kappa shape index (κ2) is 12.6. The summed E-state index contributed by atoms with van der Waals surface area (Å²) in [7, 11) is 2.17. The zero-order valence-corrected chi connectivity index (χ0v) is 18.1. The molecule has 0 radical (unpaired) electrons. The molecule has 0 spiro atoms. The molecule has 1 aromatic heterocycles. The van der Waals surface area contributed by atoms with Gasteiger partial charge in [-0.2, -0.15) is 0 Å². The standard InChI is InChI=1S/C21H38N6O/c1-5-22-21(24-8-6-14-28-17-18(2)3)25-16-19-7-9-23-20(15-19)27-12-10-26(4)11-13-27/h7,9,15,18H,5-6,8,10-14,16-17H2,1-4H3,(H2,22,24,25). The molecule has 1 aliphatic rings. The second-order valence-electron chi connectivity index (χ2n) is 7.76. The highest BCUT2D eigenvalue weighted by Gasteiger charge is 2.15. The molecule has 0 amide bonds. The molecule has 2 rings (SSSR count). The van der Waals surface area contributed by atoms with E-state index >= 15 is 0 Å². The van der Waals surface area contributed by atoms with Crippen LogP contribution in [0.1, 0.15) is 32.8 Å². The van der Waals surface area contributed by atoms with E-state index in [2.05, 4.69) is 59.3 Å². The Balaban J connectivity index is 1.82. The van der Waals surface area contributed by atoms with Crippen molar-refractivity contribution in [1.29, 1.82) is 0 Å². The molecular weight excluding hydrogens is 352 g/mol. The van der Waals surface area contributed by atoms with Crippen LogP contribution >= 0.6 is 0 Å². The molecule has 7 nitrogen and oxygen atoms in total. The van der Waals surface area contributed by atoms with Gasteiger partial charge in [0.15, 0.2) is 5.96 Å². The molecule has 28 heavy (non-hydrogen) atoms. The zero-order valence-electron chi connectivity index (χ0n) is 18.1. The van der Waals surface area contributed by atoms with Crippen molar-refractivity contribution in [3.05, 3.63) is 23.9 Å². The first-order chi connectivity index (χ1) is 13.6. The molecule has 1 fully saturated rings. The molecule has 1 aliphatic heterocycles. The minimum atomic E-state index is 0.586. The van der Waals surface area contributed by atoms with Crippen molar-refractivity contribution in [1.82, 2.24) is 20.5 Å². The fraction of sp³-hybridized carbons (Fsp3) is 0.714. The van der Waals surface area contributed by atoms with E-state index in [4.69, 9.17) is 9.73 Å². The number of aromatic nitrogens is 1. The third-order valence-electron chi connectivity index (χ3n) is 4.61. The van der Waals surface area contributed by atoms with Gasteiger partial charge in [0.2, 0.25) is 0 Å². The minimum Gasteiger partial charge on any atom is -0.381 e. The summed E-state index contributed by atoms with van der Waals surface area (Å²) in [4.78, 5) is 14.0. The van der Waals surface area contributed by atoms with Gasteiger partial charge in [0.05, 0.1) is 6.54 Å². The summed E-state index contributed by atoms with van der Waals surface area (Å²) in [5.41, 5.74) is 1.18. The lowest BCUT2D eigenvalue weighted by Gasteiger charge is -2.33. The van der Waals surface area contributed by atoms with Crippen LogP contribution in [-0.2, 0) is 11.3 Å². The van der Waals surface area contributed by atoms with Crippen LogP contribution in [0.2, 0.25) is 0 Å². The molecule has 0 atom stereocenters. The van der Waals surface area contributed by atoms with Crippen molar-refractivity contribution in [2.75, 3.05) is 64.4 Å². The Morgan fingerprint density at radius 1 is 1.25 bits per heavy atom. The molecule has 1 saturated heterocycles. The zero-order chi connectivity index (χ0) is 20.2. The molecule has 0 saturated carbocycles. The monoisotopic (exact) mass is 390 g/mol. The smallest absolute Gasteiger partial charge is 0.191 e. The topological polar surface area (TPSA) is 65.0 Å². The first kappa shape index (κ1) is 22.4. The van der Waals surface area contributed by atoms with Crippen molar-refractivity contribution in [3.8, 4) is 0 Å². The highest BCUT2D eigenvalue weighted by molar-refractivity contribution is 5.79. The van der Waals surface area contributed by atoms with Gasteiger partial charge in [0.1, 0.15) is 5.82 Å². The van der Waals surface area contributed by atoms with Crippen molar-refractivity contribution in [2.24, 2.45) is 10.9 Å². The molecule has 0 aromatic carbocycles. The molecule has 0 unspecified atom stereocenters. The Morgan fingerprint density at radius 3 is 2.75 bits per heavy atom. The minimum absolute atomic E-state index is 0.586. The van der Waals surface area contributed by atoms with Crippen LogP contribution in [0.15, 0.2) is 23.3 Å².